The Morgan fingerprint density at radius 2 is 2.00 bits per heavy atom. The van der Waals surface area contributed by atoms with Gasteiger partial charge in [0.2, 0.25) is 0 Å². The maximum Gasteiger partial charge on any atom is 0.266 e. The molecule has 0 radical (unpaired) electrons. The summed E-state index contributed by atoms with van der Waals surface area (Å²) in [5, 5.41) is 2.54. The molecule has 5 nitrogen and oxygen atoms in total. The third-order valence-electron chi connectivity index (χ3n) is 4.83. The number of anilines is 2. The van der Waals surface area contributed by atoms with Crippen LogP contribution in [0.5, 0.6) is 0 Å². The number of rotatable bonds is 4. The van der Waals surface area contributed by atoms with Crippen LogP contribution in [0.4, 0.5) is 15.8 Å². The Labute approximate surface area is 156 Å². The molecule has 0 spiro atoms. The van der Waals surface area contributed by atoms with Gasteiger partial charge in [0, 0.05) is 25.0 Å². The lowest BCUT2D eigenvalue weighted by Crippen LogP contribution is -2.33. The van der Waals surface area contributed by atoms with Crippen LogP contribution in [0.2, 0.25) is 5.02 Å². The lowest BCUT2D eigenvalue weighted by atomic mass is 9.94. The van der Waals surface area contributed by atoms with Crippen LogP contribution in [0.3, 0.4) is 0 Å². The number of hydrogen-bond donors (Lipinski definition) is 2. The summed E-state index contributed by atoms with van der Waals surface area (Å²) in [6.07, 6.45) is 7.00. The molecule has 1 fully saturated rings. The average Bonchev–Trinajstić information content (AvgIpc) is 2.64. The van der Waals surface area contributed by atoms with Crippen molar-refractivity contribution in [3.05, 3.63) is 57.2 Å². The van der Waals surface area contributed by atoms with Crippen LogP contribution in [0.15, 0.2) is 35.3 Å². The van der Waals surface area contributed by atoms with E-state index >= 15 is 0 Å². The topological polar surface area (TPSA) is 65.2 Å². The number of carbonyl (C=O) groups excluding carboxylic acids is 1. The van der Waals surface area contributed by atoms with Crippen LogP contribution >= 0.6 is 11.6 Å². The molecule has 1 aliphatic carbocycles. The molecule has 0 saturated heterocycles. The van der Waals surface area contributed by atoms with Gasteiger partial charge in [-0.3, -0.25) is 9.59 Å². The molecular weight excluding hydrogens is 357 g/mol. The molecule has 1 saturated carbocycles. The van der Waals surface area contributed by atoms with Gasteiger partial charge in [0.15, 0.2) is 0 Å². The summed E-state index contributed by atoms with van der Waals surface area (Å²) in [7, 11) is 1.91. The predicted molar refractivity (Wildman–Crippen MR) is 102 cm³/mol. The predicted octanol–water partition coefficient (Wildman–Crippen LogP) is 4.19. The largest absolute Gasteiger partial charge is 0.369 e. The van der Waals surface area contributed by atoms with Gasteiger partial charge in [-0.25, -0.2) is 4.39 Å². The van der Waals surface area contributed by atoms with E-state index in [0.29, 0.717) is 17.4 Å². The average molecular weight is 378 g/mol. The first-order valence-electron chi connectivity index (χ1n) is 8.67. The summed E-state index contributed by atoms with van der Waals surface area (Å²) in [4.78, 5) is 27.9. The molecule has 1 amide bonds. The first-order valence-corrected chi connectivity index (χ1v) is 9.05. The quantitative estimate of drug-likeness (QED) is 0.839. The number of carbonyl (C=O) groups is 1. The van der Waals surface area contributed by atoms with Crippen molar-refractivity contribution in [3.8, 4) is 0 Å². The lowest BCUT2D eigenvalue weighted by Gasteiger charge is -2.33. The number of nitrogens with zero attached hydrogens (tertiary/aromatic N) is 1. The highest BCUT2D eigenvalue weighted by atomic mass is 35.5. The van der Waals surface area contributed by atoms with Crippen molar-refractivity contribution in [2.75, 3.05) is 17.3 Å². The lowest BCUT2D eigenvalue weighted by molar-refractivity contribution is 0.102. The zero-order valence-electron chi connectivity index (χ0n) is 14.5. The number of H-pyrrole nitrogens is 1. The van der Waals surface area contributed by atoms with E-state index in [4.69, 9.17) is 11.6 Å². The molecule has 7 heteroatoms. The summed E-state index contributed by atoms with van der Waals surface area (Å²) in [5.74, 6) is -0.855. The van der Waals surface area contributed by atoms with Gasteiger partial charge in [0.05, 0.1) is 11.3 Å². The SMILES string of the molecule is CN(c1ccc(NC(=O)c2c[nH]c(=O)c(Cl)c2)cc1F)C1CCCCC1. The van der Waals surface area contributed by atoms with E-state index in [2.05, 4.69) is 10.3 Å². The maximum absolute atomic E-state index is 14.6. The third-order valence-corrected chi connectivity index (χ3v) is 5.11. The normalized spacial score (nSPS) is 14.9. The van der Waals surface area contributed by atoms with Crippen molar-refractivity contribution in [2.24, 2.45) is 0 Å². The van der Waals surface area contributed by atoms with Gasteiger partial charge in [-0.05, 0) is 37.1 Å². The standard InChI is InChI=1S/C19H21ClFN3O2/c1-24(14-5-3-2-4-6-14)17-8-7-13(10-16(17)21)23-18(25)12-9-15(20)19(26)22-11-12/h7-11,14H,2-6H2,1H3,(H,22,26)(H,23,25). The van der Waals surface area contributed by atoms with Crippen molar-refractivity contribution in [1.29, 1.82) is 0 Å². The molecule has 1 heterocycles. The summed E-state index contributed by atoms with van der Waals surface area (Å²) < 4.78 is 14.6. The van der Waals surface area contributed by atoms with Crippen molar-refractivity contribution < 1.29 is 9.18 Å². The van der Waals surface area contributed by atoms with Gasteiger partial charge < -0.3 is 15.2 Å². The minimum atomic E-state index is -0.476. The van der Waals surface area contributed by atoms with Crippen molar-refractivity contribution >= 4 is 28.9 Å². The summed E-state index contributed by atoms with van der Waals surface area (Å²) >= 11 is 5.73. The summed E-state index contributed by atoms with van der Waals surface area (Å²) in [5.41, 5.74) is 0.598. The molecule has 3 rings (SSSR count). The Kier molecular flexibility index (Phi) is 5.61. The molecule has 0 atom stereocenters. The van der Waals surface area contributed by atoms with Crippen LogP contribution in [0, 0.1) is 5.82 Å². The fourth-order valence-electron chi connectivity index (χ4n) is 3.33. The van der Waals surface area contributed by atoms with Crippen molar-refractivity contribution in [3.63, 3.8) is 0 Å². The van der Waals surface area contributed by atoms with E-state index in [9.17, 15) is 14.0 Å². The van der Waals surface area contributed by atoms with Gasteiger partial charge in [-0.1, -0.05) is 30.9 Å². The van der Waals surface area contributed by atoms with Crippen LogP contribution in [0.1, 0.15) is 42.5 Å². The molecule has 1 aliphatic rings. The van der Waals surface area contributed by atoms with E-state index < -0.39 is 11.5 Å². The van der Waals surface area contributed by atoms with E-state index in [0.717, 1.165) is 12.8 Å². The smallest absolute Gasteiger partial charge is 0.266 e. The Morgan fingerprint density at radius 1 is 1.27 bits per heavy atom. The molecule has 2 aromatic rings. The number of halogens is 2. The minimum Gasteiger partial charge on any atom is -0.369 e. The van der Waals surface area contributed by atoms with Crippen LogP contribution in [-0.2, 0) is 0 Å². The first kappa shape index (κ1) is 18.5. The van der Waals surface area contributed by atoms with Gasteiger partial charge in [0.1, 0.15) is 10.8 Å². The highest BCUT2D eigenvalue weighted by Crippen LogP contribution is 2.29. The molecule has 1 aromatic carbocycles. The zero-order chi connectivity index (χ0) is 18.7. The number of hydrogen-bond acceptors (Lipinski definition) is 3. The monoisotopic (exact) mass is 377 g/mol. The van der Waals surface area contributed by atoms with E-state index in [1.807, 2.05) is 11.9 Å². The molecule has 0 unspecified atom stereocenters. The molecule has 0 aliphatic heterocycles. The number of aromatic nitrogens is 1. The first-order chi connectivity index (χ1) is 12.5. The maximum atomic E-state index is 14.6. The molecule has 138 valence electrons. The Morgan fingerprint density at radius 3 is 2.65 bits per heavy atom. The number of nitrogens with one attached hydrogen (secondary N) is 2. The molecule has 0 bridgehead atoms. The second kappa shape index (κ2) is 7.91. The molecule has 26 heavy (non-hydrogen) atoms. The number of benzene rings is 1. The van der Waals surface area contributed by atoms with E-state index in [1.54, 1.807) is 12.1 Å². The van der Waals surface area contributed by atoms with Crippen molar-refractivity contribution in [2.45, 2.75) is 38.1 Å². The highest BCUT2D eigenvalue weighted by molar-refractivity contribution is 6.30. The number of aromatic amines is 1. The Hall–Kier alpha value is -2.34. The second-order valence-electron chi connectivity index (χ2n) is 6.59. The molecule has 2 N–H and O–H groups in total. The Balaban J connectivity index is 1.73. The van der Waals surface area contributed by atoms with Crippen molar-refractivity contribution in [1.82, 2.24) is 4.98 Å². The summed E-state index contributed by atoms with van der Waals surface area (Å²) in [6, 6.07) is 6.28. The van der Waals surface area contributed by atoms with Gasteiger partial charge >= 0.3 is 0 Å². The van der Waals surface area contributed by atoms with Crippen LogP contribution in [0.25, 0.3) is 0 Å². The van der Waals surface area contributed by atoms with E-state index in [-0.39, 0.29) is 16.4 Å². The van der Waals surface area contributed by atoms with Gasteiger partial charge in [0.25, 0.3) is 11.5 Å². The Bertz CT molecular complexity index is 862. The summed E-state index contributed by atoms with van der Waals surface area (Å²) in [6.45, 7) is 0. The fraction of sp³-hybridized carbons (Fsp3) is 0.368. The zero-order valence-corrected chi connectivity index (χ0v) is 15.3. The number of pyridine rings is 1. The molecular formula is C19H21ClFN3O2. The number of amides is 1. The van der Waals surface area contributed by atoms with E-state index in [1.165, 1.54) is 37.6 Å². The second-order valence-corrected chi connectivity index (χ2v) is 7.00. The molecule has 1 aromatic heterocycles. The van der Waals surface area contributed by atoms with Crippen LogP contribution < -0.4 is 15.8 Å². The van der Waals surface area contributed by atoms with Gasteiger partial charge in [-0.2, -0.15) is 0 Å². The minimum absolute atomic E-state index is 0.0757. The van der Waals surface area contributed by atoms with Crippen LogP contribution in [-0.4, -0.2) is 24.0 Å². The fourth-order valence-corrected chi connectivity index (χ4v) is 3.50. The highest BCUT2D eigenvalue weighted by Gasteiger charge is 2.20. The van der Waals surface area contributed by atoms with Gasteiger partial charge in [-0.15, -0.1) is 0 Å². The third kappa shape index (κ3) is 4.07.